The Morgan fingerprint density at radius 1 is 1.58 bits per heavy atom. The van der Waals surface area contributed by atoms with Gasteiger partial charge >= 0.3 is 0 Å². The van der Waals surface area contributed by atoms with E-state index in [1.54, 1.807) is 4.90 Å². The summed E-state index contributed by atoms with van der Waals surface area (Å²) in [4.78, 5) is 13.2. The lowest BCUT2D eigenvalue weighted by Crippen LogP contribution is -2.37. The van der Waals surface area contributed by atoms with Gasteiger partial charge in [0.05, 0.1) is 11.6 Å². The van der Waals surface area contributed by atoms with Gasteiger partial charge in [-0.15, -0.1) is 0 Å². The van der Waals surface area contributed by atoms with Gasteiger partial charge < -0.3 is 10.0 Å². The first-order chi connectivity index (χ1) is 5.75. The molecule has 70 valence electrons. The SMILES string of the molecule is O=C1CCCCC(Br)N1CCO. The molecule has 0 bridgehead atoms. The highest BCUT2D eigenvalue weighted by Gasteiger charge is 2.22. The average molecular weight is 236 g/mol. The standard InChI is InChI=1S/C8H14BrNO2/c9-7-3-1-2-4-8(12)10(7)5-6-11/h7,11H,1-6H2. The van der Waals surface area contributed by atoms with Gasteiger partial charge in [0.2, 0.25) is 5.91 Å². The van der Waals surface area contributed by atoms with Gasteiger partial charge in [-0.1, -0.05) is 22.4 Å². The van der Waals surface area contributed by atoms with E-state index in [1.165, 1.54) is 0 Å². The molecule has 0 aromatic carbocycles. The van der Waals surface area contributed by atoms with Gasteiger partial charge in [-0.3, -0.25) is 4.79 Å². The van der Waals surface area contributed by atoms with Crippen LogP contribution in [0.3, 0.4) is 0 Å². The fraction of sp³-hybridized carbons (Fsp3) is 0.875. The van der Waals surface area contributed by atoms with Gasteiger partial charge in [0.15, 0.2) is 0 Å². The van der Waals surface area contributed by atoms with Crippen molar-refractivity contribution >= 4 is 21.8 Å². The number of carbonyl (C=O) groups is 1. The van der Waals surface area contributed by atoms with Gasteiger partial charge in [-0.05, 0) is 12.8 Å². The minimum atomic E-state index is 0.0494. The van der Waals surface area contributed by atoms with Crippen molar-refractivity contribution in [3.05, 3.63) is 0 Å². The first kappa shape index (κ1) is 9.99. The molecule has 1 amide bonds. The second kappa shape index (κ2) is 4.82. The molecule has 0 saturated carbocycles. The summed E-state index contributed by atoms with van der Waals surface area (Å²) in [5, 5.41) is 8.73. The van der Waals surface area contributed by atoms with Crippen LogP contribution in [0.25, 0.3) is 0 Å². The fourth-order valence-corrected chi connectivity index (χ4v) is 2.17. The molecule has 1 aliphatic heterocycles. The highest BCUT2D eigenvalue weighted by Crippen LogP contribution is 2.21. The van der Waals surface area contributed by atoms with Crippen LogP contribution in [0.15, 0.2) is 0 Å². The first-order valence-corrected chi connectivity index (χ1v) is 5.21. The number of halogens is 1. The van der Waals surface area contributed by atoms with E-state index in [0.29, 0.717) is 13.0 Å². The average Bonchev–Trinajstić information content (AvgIpc) is 2.19. The zero-order chi connectivity index (χ0) is 8.97. The minimum absolute atomic E-state index is 0.0494. The number of likely N-dealkylation sites (tertiary alicyclic amines) is 1. The lowest BCUT2D eigenvalue weighted by Gasteiger charge is -2.24. The molecule has 1 rings (SSSR count). The summed E-state index contributed by atoms with van der Waals surface area (Å²) in [6.45, 7) is 0.503. The zero-order valence-corrected chi connectivity index (χ0v) is 8.59. The molecule has 1 saturated heterocycles. The molecule has 0 aliphatic carbocycles. The molecule has 3 nitrogen and oxygen atoms in total. The van der Waals surface area contributed by atoms with Crippen molar-refractivity contribution in [2.45, 2.75) is 30.6 Å². The molecule has 1 N–H and O–H groups in total. The Kier molecular flexibility index (Phi) is 4.01. The van der Waals surface area contributed by atoms with Gasteiger partial charge in [0, 0.05) is 13.0 Å². The molecule has 12 heavy (non-hydrogen) atoms. The highest BCUT2D eigenvalue weighted by atomic mass is 79.9. The van der Waals surface area contributed by atoms with Crippen LogP contribution in [0.2, 0.25) is 0 Å². The van der Waals surface area contributed by atoms with Crippen LogP contribution >= 0.6 is 15.9 Å². The number of β-amino-alcohol motifs (C(OH)–C–C–N with tert-alkyl or cyclic N) is 1. The quantitative estimate of drug-likeness (QED) is 0.576. The van der Waals surface area contributed by atoms with Crippen molar-refractivity contribution in [3.63, 3.8) is 0 Å². The third-order valence-electron chi connectivity index (χ3n) is 2.08. The van der Waals surface area contributed by atoms with Crippen LogP contribution in [0, 0.1) is 0 Å². The molecular formula is C8H14BrNO2. The summed E-state index contributed by atoms with van der Waals surface area (Å²) in [5.41, 5.74) is 0. The van der Waals surface area contributed by atoms with Crippen LogP contribution in [0.5, 0.6) is 0 Å². The summed E-state index contributed by atoms with van der Waals surface area (Å²) in [6.07, 6.45) is 3.68. The van der Waals surface area contributed by atoms with E-state index >= 15 is 0 Å². The number of nitrogens with zero attached hydrogens (tertiary/aromatic N) is 1. The van der Waals surface area contributed by atoms with Crippen molar-refractivity contribution in [1.82, 2.24) is 4.90 Å². The van der Waals surface area contributed by atoms with Crippen molar-refractivity contribution in [1.29, 1.82) is 0 Å². The number of alkyl halides is 1. The Morgan fingerprint density at radius 3 is 3.00 bits per heavy atom. The first-order valence-electron chi connectivity index (χ1n) is 4.30. The summed E-state index contributed by atoms with van der Waals surface area (Å²) in [6, 6.07) is 0. The number of aliphatic hydroxyl groups excluding tert-OH is 1. The summed E-state index contributed by atoms with van der Waals surface area (Å²) in [5.74, 6) is 0.156. The topological polar surface area (TPSA) is 40.5 Å². The number of amides is 1. The summed E-state index contributed by atoms with van der Waals surface area (Å²) < 4.78 is 0. The van der Waals surface area contributed by atoms with E-state index in [9.17, 15) is 4.79 Å². The van der Waals surface area contributed by atoms with Gasteiger partial charge in [0.25, 0.3) is 0 Å². The molecule has 0 spiro atoms. The molecule has 0 radical (unpaired) electrons. The van der Waals surface area contributed by atoms with Crippen molar-refractivity contribution in [3.8, 4) is 0 Å². The van der Waals surface area contributed by atoms with Crippen LogP contribution in [-0.2, 0) is 4.79 Å². The minimum Gasteiger partial charge on any atom is -0.395 e. The van der Waals surface area contributed by atoms with E-state index in [4.69, 9.17) is 5.11 Å². The van der Waals surface area contributed by atoms with Gasteiger partial charge in [0.1, 0.15) is 0 Å². The Bertz CT molecular complexity index is 163. The maximum absolute atomic E-state index is 11.4. The lowest BCUT2D eigenvalue weighted by atomic mass is 10.2. The third kappa shape index (κ3) is 2.45. The zero-order valence-electron chi connectivity index (χ0n) is 7.00. The van der Waals surface area contributed by atoms with E-state index in [-0.39, 0.29) is 17.5 Å². The van der Waals surface area contributed by atoms with Crippen molar-refractivity contribution < 1.29 is 9.90 Å². The summed E-state index contributed by atoms with van der Waals surface area (Å²) >= 11 is 3.44. The molecule has 0 aromatic heterocycles. The van der Waals surface area contributed by atoms with Gasteiger partial charge in [-0.2, -0.15) is 0 Å². The van der Waals surface area contributed by atoms with E-state index in [0.717, 1.165) is 19.3 Å². The lowest BCUT2D eigenvalue weighted by molar-refractivity contribution is -0.131. The fourth-order valence-electron chi connectivity index (χ4n) is 1.42. The number of hydrogen-bond acceptors (Lipinski definition) is 2. The van der Waals surface area contributed by atoms with Crippen LogP contribution in [-0.4, -0.2) is 34.0 Å². The second-order valence-corrected chi connectivity index (χ2v) is 4.05. The molecule has 1 atom stereocenters. The van der Waals surface area contributed by atoms with Crippen LogP contribution in [0.4, 0.5) is 0 Å². The predicted molar refractivity (Wildman–Crippen MR) is 50.0 cm³/mol. The highest BCUT2D eigenvalue weighted by molar-refractivity contribution is 9.09. The van der Waals surface area contributed by atoms with Gasteiger partial charge in [-0.25, -0.2) is 0 Å². The Morgan fingerprint density at radius 2 is 2.33 bits per heavy atom. The van der Waals surface area contributed by atoms with E-state index in [1.807, 2.05) is 0 Å². The molecule has 1 aliphatic rings. The smallest absolute Gasteiger partial charge is 0.223 e. The third-order valence-corrected chi connectivity index (χ3v) is 3.03. The Labute approximate surface area is 80.9 Å². The number of hydrogen-bond donors (Lipinski definition) is 1. The molecule has 1 unspecified atom stereocenters. The van der Waals surface area contributed by atoms with E-state index < -0.39 is 0 Å². The Hall–Kier alpha value is -0.0900. The number of carbonyl (C=O) groups excluding carboxylic acids is 1. The monoisotopic (exact) mass is 235 g/mol. The maximum atomic E-state index is 11.4. The maximum Gasteiger partial charge on any atom is 0.223 e. The predicted octanol–water partition coefficient (Wildman–Crippen LogP) is 1.10. The van der Waals surface area contributed by atoms with E-state index in [2.05, 4.69) is 15.9 Å². The summed E-state index contributed by atoms with van der Waals surface area (Å²) in [7, 11) is 0. The van der Waals surface area contributed by atoms with Crippen LogP contribution in [0.1, 0.15) is 25.7 Å². The second-order valence-electron chi connectivity index (χ2n) is 2.99. The number of aliphatic hydroxyl groups is 1. The normalized spacial score (nSPS) is 25.7. The van der Waals surface area contributed by atoms with Crippen molar-refractivity contribution in [2.24, 2.45) is 0 Å². The molecule has 4 heteroatoms. The largest absolute Gasteiger partial charge is 0.395 e. The number of rotatable bonds is 2. The molecule has 1 fully saturated rings. The molecule has 1 heterocycles. The Balaban J connectivity index is 2.55. The molecule has 0 aromatic rings. The molecular weight excluding hydrogens is 222 g/mol. The van der Waals surface area contributed by atoms with Crippen LogP contribution < -0.4 is 0 Å². The van der Waals surface area contributed by atoms with Crippen molar-refractivity contribution in [2.75, 3.05) is 13.2 Å².